The molecule has 0 saturated carbocycles. The van der Waals surface area contributed by atoms with Crippen LogP contribution in [0.4, 0.5) is 0 Å². The van der Waals surface area contributed by atoms with Crippen LogP contribution in [0.3, 0.4) is 0 Å². The first-order chi connectivity index (χ1) is 17.4. The minimum Gasteiger partial charge on any atom is -0.384 e. The van der Waals surface area contributed by atoms with E-state index in [4.69, 9.17) is 16.6 Å². The molecule has 1 heterocycles. The summed E-state index contributed by atoms with van der Waals surface area (Å²) in [6.45, 7) is 0.702. The standard InChI is InChI=1S/C31H28BrClN2O/c1-35(2)18-17-31(36,27-14-8-12-21-9-6-7-13-25(21)27)29(22-10-4-3-5-11-22)26-20-23-19-24(32)15-16-28(23)34-30(26)33/h3-16,19-20,29,36H,17-18H2,1-2H3/t29-,31-/m1/s1. The number of hydrogen-bond donors (Lipinski definition) is 1. The highest BCUT2D eigenvalue weighted by Gasteiger charge is 2.42. The van der Waals surface area contributed by atoms with E-state index in [1.165, 1.54) is 0 Å². The van der Waals surface area contributed by atoms with Crippen LogP contribution in [0, 0.1) is 0 Å². The molecular formula is C31H28BrClN2O. The number of aromatic nitrogens is 1. The highest BCUT2D eigenvalue weighted by atomic mass is 79.9. The maximum Gasteiger partial charge on any atom is 0.133 e. The van der Waals surface area contributed by atoms with Gasteiger partial charge in [0.1, 0.15) is 10.8 Å². The second-order valence-corrected chi connectivity index (χ2v) is 10.8. The van der Waals surface area contributed by atoms with Crippen LogP contribution in [0.5, 0.6) is 0 Å². The van der Waals surface area contributed by atoms with Gasteiger partial charge in [-0.05, 0) is 66.7 Å². The minimum absolute atomic E-state index is 0.405. The predicted octanol–water partition coefficient (Wildman–Crippen LogP) is 7.78. The Bertz CT molecular complexity index is 1520. The van der Waals surface area contributed by atoms with E-state index in [0.29, 0.717) is 18.1 Å². The van der Waals surface area contributed by atoms with Crippen molar-refractivity contribution in [2.45, 2.75) is 17.9 Å². The Morgan fingerprint density at radius 3 is 2.39 bits per heavy atom. The molecule has 5 rings (SSSR count). The molecule has 0 bridgehead atoms. The van der Waals surface area contributed by atoms with Gasteiger partial charge in [-0.1, -0.05) is 100 Å². The van der Waals surface area contributed by atoms with Crippen molar-refractivity contribution >= 4 is 49.2 Å². The van der Waals surface area contributed by atoms with Crippen LogP contribution in [-0.4, -0.2) is 35.6 Å². The first-order valence-corrected chi connectivity index (χ1v) is 13.2. The smallest absolute Gasteiger partial charge is 0.133 e. The zero-order valence-electron chi connectivity index (χ0n) is 20.3. The number of nitrogens with zero attached hydrogens (tertiary/aromatic N) is 2. The van der Waals surface area contributed by atoms with Crippen LogP contribution < -0.4 is 0 Å². The second-order valence-electron chi connectivity index (χ2n) is 9.55. The first-order valence-electron chi connectivity index (χ1n) is 12.0. The van der Waals surface area contributed by atoms with E-state index < -0.39 is 11.5 Å². The van der Waals surface area contributed by atoms with Gasteiger partial charge in [-0.25, -0.2) is 4.98 Å². The Morgan fingerprint density at radius 2 is 1.61 bits per heavy atom. The lowest BCUT2D eigenvalue weighted by atomic mass is 9.71. The molecule has 0 saturated heterocycles. The molecule has 2 atom stereocenters. The molecular weight excluding hydrogens is 532 g/mol. The van der Waals surface area contributed by atoms with Crippen molar-refractivity contribution in [3.63, 3.8) is 0 Å². The monoisotopic (exact) mass is 558 g/mol. The van der Waals surface area contributed by atoms with Gasteiger partial charge >= 0.3 is 0 Å². The topological polar surface area (TPSA) is 36.4 Å². The fourth-order valence-electron chi connectivity index (χ4n) is 5.13. The van der Waals surface area contributed by atoms with Gasteiger partial charge in [0.25, 0.3) is 0 Å². The van der Waals surface area contributed by atoms with Gasteiger partial charge in [0.2, 0.25) is 0 Å². The molecule has 0 aliphatic carbocycles. The minimum atomic E-state index is -1.25. The van der Waals surface area contributed by atoms with Gasteiger partial charge < -0.3 is 10.0 Å². The Labute approximate surface area is 225 Å². The summed E-state index contributed by atoms with van der Waals surface area (Å²) in [5.41, 5.74) is 2.26. The number of hydrogen-bond acceptors (Lipinski definition) is 3. The molecule has 1 N–H and O–H groups in total. The van der Waals surface area contributed by atoms with Crippen molar-refractivity contribution < 1.29 is 5.11 Å². The molecule has 0 radical (unpaired) electrons. The summed E-state index contributed by atoms with van der Waals surface area (Å²) in [6.07, 6.45) is 0.514. The number of aliphatic hydroxyl groups is 1. The lowest BCUT2D eigenvalue weighted by Gasteiger charge is -2.39. The molecule has 1 aromatic heterocycles. The molecule has 5 aromatic rings. The van der Waals surface area contributed by atoms with Crippen LogP contribution in [0.15, 0.2) is 102 Å². The van der Waals surface area contributed by atoms with Crippen LogP contribution >= 0.6 is 27.5 Å². The third-order valence-corrected chi connectivity index (χ3v) is 7.67. The molecule has 0 aliphatic heterocycles. The fraction of sp³-hybridized carbons (Fsp3) is 0.194. The summed E-state index contributed by atoms with van der Waals surface area (Å²) in [4.78, 5) is 6.86. The van der Waals surface area contributed by atoms with E-state index in [1.54, 1.807) is 0 Å². The molecule has 0 amide bonds. The van der Waals surface area contributed by atoms with Crippen molar-refractivity contribution in [1.82, 2.24) is 9.88 Å². The summed E-state index contributed by atoms with van der Waals surface area (Å²) in [5.74, 6) is -0.437. The molecule has 0 fully saturated rings. The summed E-state index contributed by atoms with van der Waals surface area (Å²) in [6, 6.07) is 32.6. The zero-order chi connectivity index (χ0) is 25.3. The van der Waals surface area contributed by atoms with E-state index in [2.05, 4.69) is 57.2 Å². The quantitative estimate of drug-likeness (QED) is 0.207. The SMILES string of the molecule is CN(C)CC[C@@](O)(c1cccc2ccccc12)[C@H](c1ccccc1)c1cc2cc(Br)ccc2nc1Cl. The lowest BCUT2D eigenvalue weighted by Crippen LogP contribution is -2.38. The van der Waals surface area contributed by atoms with Crippen molar-refractivity contribution in [3.8, 4) is 0 Å². The highest BCUT2D eigenvalue weighted by molar-refractivity contribution is 9.10. The van der Waals surface area contributed by atoms with Crippen molar-refractivity contribution in [2.24, 2.45) is 0 Å². The third-order valence-electron chi connectivity index (χ3n) is 6.88. The molecule has 182 valence electrons. The molecule has 5 heteroatoms. The number of rotatable bonds is 7. The van der Waals surface area contributed by atoms with E-state index >= 15 is 0 Å². The largest absolute Gasteiger partial charge is 0.384 e. The van der Waals surface area contributed by atoms with Crippen LogP contribution in [0.1, 0.15) is 29.0 Å². The summed E-state index contributed by atoms with van der Waals surface area (Å²) in [5, 5.41) is 16.4. The van der Waals surface area contributed by atoms with Crippen LogP contribution in [-0.2, 0) is 5.60 Å². The Hall–Kier alpha value is -2.76. The van der Waals surface area contributed by atoms with Gasteiger partial charge in [0, 0.05) is 27.9 Å². The summed E-state index contributed by atoms with van der Waals surface area (Å²) < 4.78 is 0.971. The number of halogens is 2. The van der Waals surface area contributed by atoms with Gasteiger partial charge in [-0.15, -0.1) is 0 Å². The predicted molar refractivity (Wildman–Crippen MR) is 154 cm³/mol. The first kappa shape index (κ1) is 24.9. The Kier molecular flexibility index (Phi) is 7.14. The number of fused-ring (bicyclic) bond motifs is 2. The Morgan fingerprint density at radius 1 is 0.889 bits per heavy atom. The number of pyridine rings is 1. The van der Waals surface area contributed by atoms with Gasteiger partial charge in [0.05, 0.1) is 5.52 Å². The molecule has 4 aromatic carbocycles. The van der Waals surface area contributed by atoms with Gasteiger partial charge in [-0.3, -0.25) is 0 Å². The second kappa shape index (κ2) is 10.3. The molecule has 0 aliphatic rings. The maximum absolute atomic E-state index is 12.9. The maximum atomic E-state index is 12.9. The molecule has 0 unspecified atom stereocenters. The zero-order valence-corrected chi connectivity index (χ0v) is 22.7. The van der Waals surface area contributed by atoms with Gasteiger partial charge in [-0.2, -0.15) is 0 Å². The van der Waals surface area contributed by atoms with E-state index in [-0.39, 0.29) is 0 Å². The van der Waals surface area contributed by atoms with E-state index in [0.717, 1.165) is 42.8 Å². The summed E-state index contributed by atoms with van der Waals surface area (Å²) in [7, 11) is 4.06. The molecule has 36 heavy (non-hydrogen) atoms. The van der Waals surface area contributed by atoms with Crippen molar-refractivity contribution in [3.05, 3.63) is 123 Å². The molecule has 0 spiro atoms. The third kappa shape index (κ3) is 4.79. The summed E-state index contributed by atoms with van der Waals surface area (Å²) >= 11 is 10.5. The Balaban J connectivity index is 1.82. The van der Waals surface area contributed by atoms with Crippen LogP contribution in [0.25, 0.3) is 21.7 Å². The normalized spacial score (nSPS) is 14.3. The van der Waals surface area contributed by atoms with E-state index in [1.807, 2.05) is 74.8 Å². The fourth-order valence-corrected chi connectivity index (χ4v) is 5.77. The average Bonchev–Trinajstić information content (AvgIpc) is 2.88. The number of benzene rings is 4. The molecule has 3 nitrogen and oxygen atoms in total. The van der Waals surface area contributed by atoms with Crippen molar-refractivity contribution in [2.75, 3.05) is 20.6 Å². The van der Waals surface area contributed by atoms with Crippen molar-refractivity contribution in [1.29, 1.82) is 0 Å². The lowest BCUT2D eigenvalue weighted by molar-refractivity contribution is 0.00586. The van der Waals surface area contributed by atoms with Crippen LogP contribution in [0.2, 0.25) is 5.15 Å². The average molecular weight is 560 g/mol. The van der Waals surface area contributed by atoms with E-state index in [9.17, 15) is 5.11 Å². The highest BCUT2D eigenvalue weighted by Crippen LogP contribution is 2.48. The van der Waals surface area contributed by atoms with Gasteiger partial charge in [0.15, 0.2) is 0 Å².